The molecule has 0 amide bonds. The molecule has 3 rings (SSSR count). The molecule has 0 bridgehead atoms. The summed E-state index contributed by atoms with van der Waals surface area (Å²) in [6.07, 6.45) is 0. The third-order valence-electron chi connectivity index (χ3n) is 4.20. The zero-order chi connectivity index (χ0) is 20.4. The molecule has 0 saturated heterocycles. The summed E-state index contributed by atoms with van der Waals surface area (Å²) in [4.78, 5) is -0.0261. The van der Waals surface area contributed by atoms with Crippen molar-refractivity contribution in [3.05, 3.63) is 78.4 Å². The molecular formula is C20H20N2O4S2. The summed E-state index contributed by atoms with van der Waals surface area (Å²) in [5, 5.41) is 0. The lowest BCUT2D eigenvalue weighted by molar-refractivity contribution is 0.587. The number of nitrogens with one attached hydrogen (secondary N) is 2. The van der Waals surface area contributed by atoms with Gasteiger partial charge in [-0.2, -0.15) is 0 Å². The van der Waals surface area contributed by atoms with Gasteiger partial charge in [-0.05, 0) is 61.5 Å². The molecule has 0 heterocycles. The number of anilines is 1. The highest BCUT2D eigenvalue weighted by Crippen LogP contribution is 2.24. The first kappa shape index (κ1) is 20.1. The maximum absolute atomic E-state index is 12.6. The van der Waals surface area contributed by atoms with Crippen LogP contribution in [-0.4, -0.2) is 23.9 Å². The van der Waals surface area contributed by atoms with E-state index in [0.29, 0.717) is 5.69 Å². The average Bonchev–Trinajstić information content (AvgIpc) is 2.68. The number of sulfonamides is 2. The van der Waals surface area contributed by atoms with Crippen molar-refractivity contribution in [1.82, 2.24) is 4.72 Å². The summed E-state index contributed by atoms with van der Waals surface area (Å²) in [5.74, 6) is 0. The van der Waals surface area contributed by atoms with Crippen LogP contribution in [0.4, 0.5) is 5.69 Å². The lowest BCUT2D eigenvalue weighted by Gasteiger charge is -2.10. The molecule has 0 atom stereocenters. The first-order valence-corrected chi connectivity index (χ1v) is 11.4. The number of hydrogen-bond acceptors (Lipinski definition) is 4. The minimum Gasteiger partial charge on any atom is -0.280 e. The van der Waals surface area contributed by atoms with E-state index in [9.17, 15) is 16.8 Å². The molecule has 0 aromatic heterocycles. The molecule has 0 fully saturated rings. The molecule has 0 spiro atoms. The fraction of sp³-hybridized carbons (Fsp3) is 0.100. The predicted octanol–water partition coefficient (Wildman–Crippen LogP) is 3.37. The Labute approximate surface area is 165 Å². The number of hydrogen-bond donors (Lipinski definition) is 2. The molecule has 2 N–H and O–H groups in total. The topological polar surface area (TPSA) is 92.3 Å². The molecule has 3 aromatic carbocycles. The van der Waals surface area contributed by atoms with E-state index in [4.69, 9.17) is 0 Å². The summed E-state index contributed by atoms with van der Waals surface area (Å²) in [7, 11) is -6.16. The first-order valence-electron chi connectivity index (χ1n) is 8.45. The van der Waals surface area contributed by atoms with E-state index in [-0.39, 0.29) is 9.79 Å². The standard InChI is InChI=1S/C20H20N2O4S2/c1-15-4-3-5-17(14-15)16-6-8-18(9-7-16)22-28(25,26)20-12-10-19(11-13-20)27(23,24)21-2/h3-14,21-22H,1-2H3. The van der Waals surface area contributed by atoms with Gasteiger partial charge in [-0.15, -0.1) is 0 Å². The molecule has 0 saturated carbocycles. The van der Waals surface area contributed by atoms with E-state index < -0.39 is 20.0 Å². The molecule has 28 heavy (non-hydrogen) atoms. The Bertz CT molecular complexity index is 1190. The maximum atomic E-state index is 12.6. The Morgan fingerprint density at radius 3 is 1.79 bits per heavy atom. The van der Waals surface area contributed by atoms with Crippen LogP contribution in [0.25, 0.3) is 11.1 Å². The fourth-order valence-electron chi connectivity index (χ4n) is 2.69. The van der Waals surface area contributed by atoms with Crippen LogP contribution in [0.15, 0.2) is 82.6 Å². The lowest BCUT2D eigenvalue weighted by Crippen LogP contribution is -2.19. The number of benzene rings is 3. The highest BCUT2D eigenvalue weighted by Gasteiger charge is 2.17. The zero-order valence-electron chi connectivity index (χ0n) is 15.4. The summed E-state index contributed by atoms with van der Waals surface area (Å²) >= 11 is 0. The minimum atomic E-state index is -3.83. The van der Waals surface area contributed by atoms with E-state index in [1.165, 1.54) is 31.3 Å². The van der Waals surface area contributed by atoms with Gasteiger partial charge >= 0.3 is 0 Å². The van der Waals surface area contributed by atoms with E-state index in [1.807, 2.05) is 37.3 Å². The molecule has 0 radical (unpaired) electrons. The van der Waals surface area contributed by atoms with Gasteiger partial charge in [0.05, 0.1) is 9.79 Å². The second kappa shape index (κ2) is 7.75. The van der Waals surface area contributed by atoms with Gasteiger partial charge in [-0.1, -0.05) is 42.0 Å². The van der Waals surface area contributed by atoms with Crippen molar-refractivity contribution in [3.63, 3.8) is 0 Å². The smallest absolute Gasteiger partial charge is 0.261 e. The summed E-state index contributed by atoms with van der Waals surface area (Å²) in [6, 6.07) is 20.1. The minimum absolute atomic E-state index is 0.00328. The SMILES string of the molecule is CNS(=O)(=O)c1ccc(S(=O)(=O)Nc2ccc(-c3cccc(C)c3)cc2)cc1. The summed E-state index contributed by atoms with van der Waals surface area (Å²) in [6.45, 7) is 2.01. The Kier molecular flexibility index (Phi) is 5.55. The van der Waals surface area contributed by atoms with Gasteiger partial charge in [0.1, 0.15) is 0 Å². The largest absolute Gasteiger partial charge is 0.280 e. The van der Waals surface area contributed by atoms with Crippen molar-refractivity contribution < 1.29 is 16.8 Å². The van der Waals surface area contributed by atoms with Crippen LogP contribution in [-0.2, 0) is 20.0 Å². The molecule has 146 valence electrons. The van der Waals surface area contributed by atoms with Crippen molar-refractivity contribution in [2.45, 2.75) is 16.7 Å². The third-order valence-corrected chi connectivity index (χ3v) is 7.03. The molecule has 0 aliphatic carbocycles. The van der Waals surface area contributed by atoms with Gasteiger partial charge in [0.15, 0.2) is 0 Å². The fourth-order valence-corrected chi connectivity index (χ4v) is 4.47. The van der Waals surface area contributed by atoms with E-state index in [2.05, 4.69) is 15.5 Å². The van der Waals surface area contributed by atoms with Crippen LogP contribution in [0.2, 0.25) is 0 Å². The predicted molar refractivity (Wildman–Crippen MR) is 110 cm³/mol. The molecule has 0 aliphatic heterocycles. The van der Waals surface area contributed by atoms with Crippen LogP contribution in [0.5, 0.6) is 0 Å². The average molecular weight is 417 g/mol. The van der Waals surface area contributed by atoms with Crippen molar-refractivity contribution in [3.8, 4) is 11.1 Å². The molecular weight excluding hydrogens is 396 g/mol. The normalized spacial score (nSPS) is 11.9. The van der Waals surface area contributed by atoms with Crippen molar-refractivity contribution in [2.75, 3.05) is 11.8 Å². The zero-order valence-corrected chi connectivity index (χ0v) is 17.0. The van der Waals surface area contributed by atoms with Gasteiger partial charge < -0.3 is 0 Å². The van der Waals surface area contributed by atoms with Crippen LogP contribution in [0.1, 0.15) is 5.56 Å². The Hall–Kier alpha value is -2.68. The lowest BCUT2D eigenvalue weighted by atomic mass is 10.0. The van der Waals surface area contributed by atoms with E-state index in [1.54, 1.807) is 12.1 Å². The molecule has 6 nitrogen and oxygen atoms in total. The van der Waals surface area contributed by atoms with Gasteiger partial charge in [-0.3, -0.25) is 4.72 Å². The van der Waals surface area contributed by atoms with Crippen LogP contribution >= 0.6 is 0 Å². The second-order valence-electron chi connectivity index (χ2n) is 6.23. The van der Waals surface area contributed by atoms with Crippen molar-refractivity contribution in [1.29, 1.82) is 0 Å². The van der Waals surface area contributed by atoms with Crippen LogP contribution in [0, 0.1) is 6.92 Å². The highest BCUT2D eigenvalue weighted by molar-refractivity contribution is 7.92. The monoisotopic (exact) mass is 416 g/mol. The Morgan fingerprint density at radius 2 is 1.25 bits per heavy atom. The van der Waals surface area contributed by atoms with E-state index in [0.717, 1.165) is 16.7 Å². The quantitative estimate of drug-likeness (QED) is 0.644. The maximum Gasteiger partial charge on any atom is 0.261 e. The first-order chi connectivity index (χ1) is 13.2. The Balaban J connectivity index is 1.81. The van der Waals surface area contributed by atoms with Gasteiger partial charge in [0.25, 0.3) is 10.0 Å². The summed E-state index contributed by atoms with van der Waals surface area (Å²) in [5.41, 5.74) is 3.60. The van der Waals surface area contributed by atoms with Gasteiger partial charge in [-0.25, -0.2) is 21.6 Å². The summed E-state index contributed by atoms with van der Waals surface area (Å²) < 4.78 is 53.3. The van der Waals surface area contributed by atoms with Crippen molar-refractivity contribution in [2.24, 2.45) is 0 Å². The molecule has 3 aromatic rings. The van der Waals surface area contributed by atoms with Crippen LogP contribution < -0.4 is 9.44 Å². The highest BCUT2D eigenvalue weighted by atomic mass is 32.2. The van der Waals surface area contributed by atoms with Crippen LogP contribution in [0.3, 0.4) is 0 Å². The second-order valence-corrected chi connectivity index (χ2v) is 9.80. The van der Waals surface area contributed by atoms with Crippen molar-refractivity contribution >= 4 is 25.7 Å². The molecule has 0 unspecified atom stereocenters. The third kappa shape index (κ3) is 4.41. The van der Waals surface area contributed by atoms with Gasteiger partial charge in [0, 0.05) is 5.69 Å². The molecule has 0 aliphatic rings. The number of aryl methyl sites for hydroxylation is 1. The number of rotatable bonds is 6. The molecule has 8 heteroatoms. The van der Waals surface area contributed by atoms with Gasteiger partial charge in [0.2, 0.25) is 10.0 Å². The Morgan fingerprint density at radius 1 is 0.679 bits per heavy atom. The van der Waals surface area contributed by atoms with E-state index >= 15 is 0 Å².